The van der Waals surface area contributed by atoms with Gasteiger partial charge in [0.05, 0.1) is 13.4 Å². The molecule has 158 valence electrons. The molecular formula is C18H23N3O6S2. The molecule has 0 spiro atoms. The monoisotopic (exact) mass is 441 g/mol. The molecule has 11 heteroatoms. The molecule has 0 saturated heterocycles. The summed E-state index contributed by atoms with van der Waals surface area (Å²) in [7, 11) is -6.05. The first kappa shape index (κ1) is 21.4. The number of fused-ring (bicyclic) bond motifs is 1. The number of hydrogen-bond donors (Lipinski definition) is 2. The Morgan fingerprint density at radius 1 is 1.10 bits per heavy atom. The Bertz CT molecular complexity index is 1120. The van der Waals surface area contributed by atoms with Crippen molar-refractivity contribution in [3.63, 3.8) is 0 Å². The van der Waals surface area contributed by atoms with Gasteiger partial charge in [-0.1, -0.05) is 12.1 Å². The van der Waals surface area contributed by atoms with Crippen LogP contribution in [0.25, 0.3) is 0 Å². The summed E-state index contributed by atoms with van der Waals surface area (Å²) in [6.45, 7) is 2.01. The Balaban J connectivity index is 1.77. The van der Waals surface area contributed by atoms with Gasteiger partial charge in [0.2, 0.25) is 10.0 Å². The van der Waals surface area contributed by atoms with E-state index >= 15 is 0 Å². The van der Waals surface area contributed by atoms with Gasteiger partial charge in [-0.05, 0) is 47.4 Å². The van der Waals surface area contributed by atoms with Crippen molar-refractivity contribution in [3.05, 3.63) is 53.1 Å². The van der Waals surface area contributed by atoms with Crippen LogP contribution >= 0.6 is 0 Å². The van der Waals surface area contributed by atoms with Gasteiger partial charge in [-0.15, -0.1) is 0 Å². The van der Waals surface area contributed by atoms with Crippen molar-refractivity contribution in [2.75, 3.05) is 24.6 Å². The van der Waals surface area contributed by atoms with Crippen molar-refractivity contribution in [2.24, 2.45) is 5.14 Å². The van der Waals surface area contributed by atoms with Crippen LogP contribution in [-0.4, -0.2) is 41.6 Å². The predicted molar refractivity (Wildman–Crippen MR) is 109 cm³/mol. The Hall–Kier alpha value is -2.34. The van der Waals surface area contributed by atoms with Gasteiger partial charge in [0.15, 0.2) is 11.5 Å². The lowest BCUT2D eigenvalue weighted by Gasteiger charge is -2.29. The minimum absolute atomic E-state index is 0.0711. The molecule has 1 heterocycles. The van der Waals surface area contributed by atoms with E-state index in [1.54, 1.807) is 30.3 Å². The van der Waals surface area contributed by atoms with Gasteiger partial charge in [-0.25, -0.2) is 8.42 Å². The van der Waals surface area contributed by atoms with Crippen molar-refractivity contribution in [1.29, 1.82) is 0 Å². The number of nitrogens with one attached hydrogen (secondary N) is 1. The normalized spacial score (nSPS) is 14.9. The van der Waals surface area contributed by atoms with Gasteiger partial charge < -0.3 is 8.92 Å². The summed E-state index contributed by atoms with van der Waals surface area (Å²) < 4.78 is 57.9. The molecule has 2 aromatic rings. The lowest BCUT2D eigenvalue weighted by Crippen LogP contribution is -2.30. The molecular weight excluding hydrogens is 418 g/mol. The fourth-order valence-electron chi connectivity index (χ4n) is 3.31. The van der Waals surface area contributed by atoms with E-state index in [2.05, 4.69) is 9.62 Å². The van der Waals surface area contributed by atoms with Crippen LogP contribution < -0.4 is 18.8 Å². The zero-order valence-electron chi connectivity index (χ0n) is 16.1. The van der Waals surface area contributed by atoms with E-state index in [1.165, 1.54) is 7.11 Å². The standard InChI is InChI=1S/C18H23N3O6S2/c1-26-17-10-15-12-21(7-6-14(15)9-18(17)27-29(19,24)25)11-13-4-3-5-16(8-13)20-28(2,22)23/h3-5,8-10,20H,6-7,11-12H2,1-2H3,(H2,19,24,25). The maximum Gasteiger partial charge on any atom is 0.380 e. The summed E-state index contributed by atoms with van der Waals surface area (Å²) in [5, 5.41) is 4.97. The first-order valence-electron chi connectivity index (χ1n) is 8.73. The van der Waals surface area contributed by atoms with Gasteiger partial charge in [-0.2, -0.15) is 13.6 Å². The molecule has 2 aromatic carbocycles. The van der Waals surface area contributed by atoms with Crippen LogP contribution in [0.4, 0.5) is 5.69 Å². The van der Waals surface area contributed by atoms with Crippen molar-refractivity contribution < 1.29 is 25.8 Å². The zero-order valence-corrected chi connectivity index (χ0v) is 17.7. The number of benzene rings is 2. The Morgan fingerprint density at radius 2 is 1.83 bits per heavy atom. The summed E-state index contributed by atoms with van der Waals surface area (Å²) in [6, 6.07) is 10.7. The number of nitrogens with zero attached hydrogens (tertiary/aromatic N) is 1. The number of rotatable bonds is 7. The number of hydrogen-bond acceptors (Lipinski definition) is 7. The van der Waals surface area contributed by atoms with Crippen LogP contribution in [0.15, 0.2) is 36.4 Å². The Kier molecular flexibility index (Phi) is 6.03. The summed E-state index contributed by atoms with van der Waals surface area (Å²) >= 11 is 0. The summed E-state index contributed by atoms with van der Waals surface area (Å²) in [5.74, 6) is 0.362. The lowest BCUT2D eigenvalue weighted by molar-refractivity contribution is 0.244. The van der Waals surface area contributed by atoms with Crippen LogP contribution in [-0.2, 0) is 39.8 Å². The first-order valence-corrected chi connectivity index (χ1v) is 12.1. The van der Waals surface area contributed by atoms with Crippen LogP contribution in [0.1, 0.15) is 16.7 Å². The maximum atomic E-state index is 11.4. The largest absolute Gasteiger partial charge is 0.493 e. The summed E-state index contributed by atoms with van der Waals surface area (Å²) in [5.41, 5.74) is 3.46. The number of ether oxygens (including phenoxy) is 1. The molecule has 3 rings (SSSR count). The van der Waals surface area contributed by atoms with E-state index in [-0.39, 0.29) is 5.75 Å². The van der Waals surface area contributed by atoms with E-state index < -0.39 is 20.3 Å². The third kappa shape index (κ3) is 6.07. The lowest BCUT2D eigenvalue weighted by atomic mass is 9.98. The van der Waals surface area contributed by atoms with Gasteiger partial charge in [0, 0.05) is 25.3 Å². The SMILES string of the molecule is COc1cc2c(cc1OS(N)(=O)=O)CCN(Cc1cccc(NS(C)(=O)=O)c1)C2. The zero-order chi connectivity index (χ0) is 21.2. The van der Waals surface area contributed by atoms with Crippen LogP contribution in [0.2, 0.25) is 0 Å². The molecule has 1 aliphatic rings. The van der Waals surface area contributed by atoms with Crippen LogP contribution in [0, 0.1) is 0 Å². The highest BCUT2D eigenvalue weighted by Gasteiger charge is 2.21. The van der Waals surface area contributed by atoms with E-state index in [9.17, 15) is 16.8 Å². The first-order chi connectivity index (χ1) is 13.5. The number of sulfonamides is 1. The highest BCUT2D eigenvalue weighted by Crippen LogP contribution is 2.34. The molecule has 1 aliphatic heterocycles. The van der Waals surface area contributed by atoms with Gasteiger partial charge in [-0.3, -0.25) is 9.62 Å². The van der Waals surface area contributed by atoms with Crippen molar-refractivity contribution in [1.82, 2.24) is 4.90 Å². The highest BCUT2D eigenvalue weighted by atomic mass is 32.2. The molecule has 0 aliphatic carbocycles. The van der Waals surface area contributed by atoms with Crippen molar-refractivity contribution >= 4 is 26.0 Å². The molecule has 0 unspecified atom stereocenters. The van der Waals surface area contributed by atoms with Gasteiger partial charge >= 0.3 is 10.3 Å². The molecule has 29 heavy (non-hydrogen) atoms. The van der Waals surface area contributed by atoms with Gasteiger partial charge in [0.1, 0.15) is 0 Å². The van der Waals surface area contributed by atoms with Crippen molar-refractivity contribution in [3.8, 4) is 11.5 Å². The molecule has 3 N–H and O–H groups in total. The molecule has 0 saturated carbocycles. The molecule has 0 radical (unpaired) electrons. The van der Waals surface area contributed by atoms with Gasteiger partial charge in [0.25, 0.3) is 0 Å². The highest BCUT2D eigenvalue weighted by molar-refractivity contribution is 7.92. The number of anilines is 1. The second-order valence-corrected chi connectivity index (χ2v) is 9.78. The van der Waals surface area contributed by atoms with E-state index in [1.807, 2.05) is 6.07 Å². The van der Waals surface area contributed by atoms with Crippen molar-refractivity contribution in [2.45, 2.75) is 19.5 Å². The Labute approximate surface area is 170 Å². The molecule has 0 bridgehead atoms. The molecule has 9 nitrogen and oxygen atoms in total. The molecule has 0 aromatic heterocycles. The number of nitrogens with two attached hydrogens (primary N) is 1. The van der Waals surface area contributed by atoms with Crippen LogP contribution in [0.5, 0.6) is 11.5 Å². The van der Waals surface area contributed by atoms with E-state index in [0.29, 0.717) is 30.9 Å². The molecule has 0 atom stereocenters. The second-order valence-electron chi connectivity index (χ2n) is 6.88. The minimum Gasteiger partial charge on any atom is -0.493 e. The third-order valence-corrected chi connectivity index (χ3v) is 5.44. The topological polar surface area (TPSA) is 128 Å². The van der Waals surface area contributed by atoms with Crippen LogP contribution in [0.3, 0.4) is 0 Å². The number of methoxy groups -OCH3 is 1. The predicted octanol–water partition coefficient (Wildman–Crippen LogP) is 1.21. The quantitative estimate of drug-likeness (QED) is 0.661. The molecule has 0 fully saturated rings. The summed E-state index contributed by atoms with van der Waals surface area (Å²) in [6.07, 6.45) is 1.81. The fraction of sp³-hybridized carbons (Fsp3) is 0.333. The minimum atomic E-state index is -4.14. The smallest absolute Gasteiger partial charge is 0.380 e. The Morgan fingerprint density at radius 3 is 2.48 bits per heavy atom. The summed E-state index contributed by atoms with van der Waals surface area (Å²) in [4.78, 5) is 2.21. The average Bonchev–Trinajstić information content (AvgIpc) is 2.59. The van der Waals surface area contributed by atoms with E-state index in [4.69, 9.17) is 14.1 Å². The molecule has 0 amide bonds. The second kappa shape index (κ2) is 8.19. The average molecular weight is 442 g/mol. The van der Waals surface area contributed by atoms with E-state index in [0.717, 1.165) is 29.5 Å². The fourth-order valence-corrected chi connectivity index (χ4v) is 4.25. The maximum absolute atomic E-state index is 11.4. The third-order valence-electron chi connectivity index (χ3n) is 4.42.